The van der Waals surface area contributed by atoms with Crippen LogP contribution in [0.3, 0.4) is 0 Å². The summed E-state index contributed by atoms with van der Waals surface area (Å²) in [6, 6.07) is 7.13. The Balaban J connectivity index is 0.000000354. The number of benzene rings is 1. The maximum absolute atomic E-state index is 13.0. The lowest BCUT2D eigenvalue weighted by Crippen LogP contribution is -2.36. The van der Waals surface area contributed by atoms with Crippen LogP contribution in [0.25, 0.3) is 0 Å². The van der Waals surface area contributed by atoms with Crippen LogP contribution in [0, 0.1) is 29.5 Å². The van der Waals surface area contributed by atoms with Gasteiger partial charge in [-0.2, -0.15) is 0 Å². The number of carboxylic acid groups (broad SMARTS) is 1. The van der Waals surface area contributed by atoms with Crippen molar-refractivity contribution >= 4 is 5.97 Å². The molecule has 3 atom stereocenters. The maximum Gasteiger partial charge on any atom is 0.306 e. The van der Waals surface area contributed by atoms with E-state index in [1.807, 2.05) is 19.1 Å². The molecule has 4 rings (SSSR count). The van der Waals surface area contributed by atoms with Crippen LogP contribution in [0.2, 0.25) is 0 Å². The van der Waals surface area contributed by atoms with Gasteiger partial charge in [-0.05, 0) is 106 Å². The molecule has 38 heavy (non-hydrogen) atoms. The third-order valence-corrected chi connectivity index (χ3v) is 8.65. The molecular weight excluding hydrogens is 473 g/mol. The Hall–Kier alpha value is -1.68. The summed E-state index contributed by atoms with van der Waals surface area (Å²) in [5, 5.41) is 9.15. The van der Waals surface area contributed by atoms with Gasteiger partial charge in [-0.15, -0.1) is 6.58 Å². The summed E-state index contributed by atoms with van der Waals surface area (Å²) in [4.78, 5) is 13.8. The molecule has 1 aromatic carbocycles. The minimum absolute atomic E-state index is 0. The number of likely N-dealkylation sites (tertiary alicyclic amines) is 1. The number of allylic oxidation sites excluding steroid dienone is 1. The van der Waals surface area contributed by atoms with Crippen LogP contribution in [-0.2, 0) is 4.79 Å². The van der Waals surface area contributed by atoms with Crippen LogP contribution in [0.4, 0.5) is 4.39 Å². The lowest BCUT2D eigenvalue weighted by atomic mass is 9.78. The van der Waals surface area contributed by atoms with Crippen molar-refractivity contribution in [3.8, 4) is 0 Å². The molecule has 1 N–H and O–H groups in total. The van der Waals surface area contributed by atoms with E-state index < -0.39 is 5.97 Å². The van der Waals surface area contributed by atoms with Crippen LogP contribution in [0.15, 0.2) is 36.9 Å². The molecule has 0 bridgehead atoms. The first-order valence-electron chi connectivity index (χ1n) is 15.1. The average Bonchev–Trinajstić information content (AvgIpc) is 3.31. The zero-order valence-electron chi connectivity index (χ0n) is 24.0. The molecule has 3 aliphatic rings. The third kappa shape index (κ3) is 12.5. The molecule has 0 spiro atoms. The number of carboxylic acids is 1. The maximum atomic E-state index is 13.0. The van der Waals surface area contributed by atoms with Crippen molar-refractivity contribution in [2.45, 2.75) is 118 Å². The summed E-state index contributed by atoms with van der Waals surface area (Å²) in [5.41, 5.74) is 1.32. The van der Waals surface area contributed by atoms with Crippen molar-refractivity contribution < 1.29 is 14.3 Å². The largest absolute Gasteiger partial charge is 0.481 e. The second-order valence-electron chi connectivity index (χ2n) is 11.8. The molecule has 0 radical (unpaired) electrons. The number of carbonyl (C=O) groups is 1. The van der Waals surface area contributed by atoms with Gasteiger partial charge in [-0.3, -0.25) is 4.79 Å². The summed E-state index contributed by atoms with van der Waals surface area (Å²) in [6.45, 7) is 13.5. The van der Waals surface area contributed by atoms with Crippen LogP contribution >= 0.6 is 0 Å². The van der Waals surface area contributed by atoms with E-state index in [4.69, 9.17) is 5.11 Å². The van der Waals surface area contributed by atoms with Gasteiger partial charge < -0.3 is 10.0 Å². The number of hydrogen-bond acceptors (Lipinski definition) is 2. The highest BCUT2D eigenvalue weighted by Gasteiger charge is 2.28. The zero-order valence-corrected chi connectivity index (χ0v) is 24.0. The smallest absolute Gasteiger partial charge is 0.306 e. The van der Waals surface area contributed by atoms with E-state index in [-0.39, 0.29) is 19.2 Å². The van der Waals surface area contributed by atoms with Crippen molar-refractivity contribution in [3.63, 3.8) is 0 Å². The molecule has 2 unspecified atom stereocenters. The lowest BCUT2D eigenvalue weighted by Gasteiger charge is -2.33. The van der Waals surface area contributed by atoms with Gasteiger partial charge in [0.1, 0.15) is 5.82 Å². The van der Waals surface area contributed by atoms with E-state index >= 15 is 0 Å². The Bertz CT molecular complexity index is 750. The Morgan fingerprint density at radius 3 is 2.18 bits per heavy atom. The highest BCUT2D eigenvalue weighted by Crippen LogP contribution is 2.34. The van der Waals surface area contributed by atoms with Gasteiger partial charge in [0.05, 0.1) is 5.92 Å². The molecule has 1 heterocycles. The summed E-state index contributed by atoms with van der Waals surface area (Å²) < 4.78 is 13.0. The van der Waals surface area contributed by atoms with Crippen LogP contribution in [-0.4, -0.2) is 35.6 Å². The zero-order chi connectivity index (χ0) is 27.0. The minimum Gasteiger partial charge on any atom is -0.481 e. The van der Waals surface area contributed by atoms with Crippen LogP contribution < -0.4 is 0 Å². The number of rotatable bonds is 8. The quantitative estimate of drug-likeness (QED) is 0.339. The topological polar surface area (TPSA) is 40.5 Å². The van der Waals surface area contributed by atoms with Crippen molar-refractivity contribution in [2.75, 3.05) is 19.6 Å². The van der Waals surface area contributed by atoms with Gasteiger partial charge in [0, 0.05) is 6.54 Å². The molecular formula is C34H58FNO2. The van der Waals surface area contributed by atoms with E-state index in [9.17, 15) is 9.18 Å². The molecule has 1 saturated heterocycles. The standard InChI is InChI=1S/C18H26FN.C12H22O2.C3H6.CH4/c1-14-2-3-15(12-14)13-20-10-8-17(9-11-20)16-4-6-18(19)7-5-16;1-2-3-9-11(12(13)14)10-7-5-4-6-8-10;1-3-2;/h4-7,14-15,17H,2-3,8-13H2,1H3;10-11H,2-9H2,1H3,(H,13,14);3H,1H2,2H3;1H4/t14?,15-;;;/m1.../s1. The molecule has 1 aliphatic heterocycles. The number of nitrogens with zero attached hydrogens (tertiary/aromatic N) is 1. The summed E-state index contributed by atoms with van der Waals surface area (Å²) >= 11 is 0. The fourth-order valence-corrected chi connectivity index (χ4v) is 6.56. The van der Waals surface area contributed by atoms with Crippen molar-refractivity contribution in [3.05, 3.63) is 48.3 Å². The first-order valence-corrected chi connectivity index (χ1v) is 15.1. The summed E-state index contributed by atoms with van der Waals surface area (Å²) in [7, 11) is 0. The van der Waals surface area contributed by atoms with Gasteiger partial charge in [0.25, 0.3) is 0 Å². The molecule has 1 aromatic rings. The Morgan fingerprint density at radius 1 is 1.08 bits per heavy atom. The predicted molar refractivity (Wildman–Crippen MR) is 161 cm³/mol. The second-order valence-corrected chi connectivity index (χ2v) is 11.8. The molecule has 3 nitrogen and oxygen atoms in total. The van der Waals surface area contributed by atoms with Crippen molar-refractivity contribution in [1.82, 2.24) is 4.90 Å². The number of aliphatic carboxylic acids is 1. The van der Waals surface area contributed by atoms with Gasteiger partial charge in [0.15, 0.2) is 0 Å². The summed E-state index contributed by atoms with van der Waals surface area (Å²) in [6.07, 6.45) is 17.6. The SMILES string of the molecule is C.C=CC.CC1CC[C@@H](CN2CCC(c3ccc(F)cc3)CC2)C1.CCCCC(C(=O)O)C1CCCCC1. The van der Waals surface area contributed by atoms with Gasteiger partial charge >= 0.3 is 5.97 Å². The Morgan fingerprint density at radius 2 is 1.68 bits per heavy atom. The minimum atomic E-state index is -0.564. The lowest BCUT2D eigenvalue weighted by molar-refractivity contribution is -0.144. The molecule has 218 valence electrons. The number of halogens is 1. The first kappa shape index (κ1) is 34.3. The summed E-state index contributed by atoms with van der Waals surface area (Å²) in [5.74, 6) is 2.23. The van der Waals surface area contributed by atoms with E-state index in [0.717, 1.165) is 43.9 Å². The van der Waals surface area contributed by atoms with Crippen LogP contribution in [0.1, 0.15) is 123 Å². The molecule has 2 saturated carbocycles. The highest BCUT2D eigenvalue weighted by molar-refractivity contribution is 5.70. The molecule has 3 fully saturated rings. The van der Waals surface area contributed by atoms with E-state index in [1.165, 1.54) is 76.6 Å². The highest BCUT2D eigenvalue weighted by atomic mass is 19.1. The number of hydrogen-bond donors (Lipinski definition) is 1. The molecule has 4 heteroatoms. The fourth-order valence-electron chi connectivity index (χ4n) is 6.56. The van der Waals surface area contributed by atoms with Gasteiger partial charge in [-0.25, -0.2) is 4.39 Å². The fraction of sp³-hybridized carbons (Fsp3) is 0.735. The van der Waals surface area contributed by atoms with Gasteiger partial charge in [0.2, 0.25) is 0 Å². The number of unbranched alkanes of at least 4 members (excludes halogenated alkanes) is 1. The van der Waals surface area contributed by atoms with Crippen molar-refractivity contribution in [1.29, 1.82) is 0 Å². The Kier molecular flexibility index (Phi) is 17.5. The van der Waals surface area contributed by atoms with Gasteiger partial charge in [-0.1, -0.05) is 78.0 Å². The van der Waals surface area contributed by atoms with Crippen molar-refractivity contribution in [2.24, 2.45) is 23.7 Å². The van der Waals surface area contributed by atoms with E-state index in [0.29, 0.717) is 11.8 Å². The predicted octanol–water partition coefficient (Wildman–Crippen LogP) is 9.73. The molecule has 2 aliphatic carbocycles. The monoisotopic (exact) mass is 531 g/mol. The van der Waals surface area contributed by atoms with E-state index in [1.54, 1.807) is 18.2 Å². The van der Waals surface area contributed by atoms with Crippen LogP contribution in [0.5, 0.6) is 0 Å². The normalized spacial score (nSPS) is 23.2. The number of piperidine rings is 1. The second kappa shape index (κ2) is 19.4. The average molecular weight is 532 g/mol. The van der Waals surface area contributed by atoms with E-state index in [2.05, 4.69) is 25.3 Å². The third-order valence-electron chi connectivity index (χ3n) is 8.65. The molecule has 0 aromatic heterocycles. The Labute approximate surface area is 234 Å². The molecule has 0 amide bonds. The first-order chi connectivity index (χ1) is 17.9.